The average molecular weight is 409 g/mol. The number of unbranched alkanes of at least 4 members (excludes halogenated alkanes) is 3. The van der Waals surface area contributed by atoms with E-state index in [1.54, 1.807) is 0 Å². The van der Waals surface area contributed by atoms with Gasteiger partial charge < -0.3 is 5.32 Å². The van der Waals surface area contributed by atoms with Gasteiger partial charge in [-0.25, -0.2) is 4.39 Å². The van der Waals surface area contributed by atoms with Crippen LogP contribution in [0.25, 0.3) is 0 Å². The predicted octanol–water partition coefficient (Wildman–Crippen LogP) is 7.33. The number of carbonyl (C=O) groups excluding carboxylic acids is 1. The van der Waals surface area contributed by atoms with E-state index in [1.807, 2.05) is 13.8 Å². The van der Waals surface area contributed by atoms with Gasteiger partial charge in [0.15, 0.2) is 5.16 Å². The number of benzene rings is 1. The van der Waals surface area contributed by atoms with E-state index in [1.165, 1.54) is 69.1 Å². The Hall–Kier alpha value is -0.950. The van der Waals surface area contributed by atoms with Gasteiger partial charge in [0.25, 0.3) is 5.91 Å². The van der Waals surface area contributed by atoms with Crippen molar-refractivity contribution >= 4 is 18.9 Å². The van der Waals surface area contributed by atoms with Crippen LogP contribution in [-0.4, -0.2) is 29.5 Å². The van der Waals surface area contributed by atoms with Gasteiger partial charge in [-0.15, -0.1) is 0 Å². The number of rotatable bonds is 12. The van der Waals surface area contributed by atoms with Crippen molar-refractivity contribution in [3.63, 3.8) is 0 Å². The molecule has 0 bridgehead atoms. The minimum absolute atomic E-state index is 0.125. The number of hydrogen-bond acceptors (Lipinski definition) is 1. The van der Waals surface area contributed by atoms with Gasteiger partial charge in [-0.2, -0.15) is 0 Å². The molecule has 0 unspecified atom stereocenters. The SMILES string of the molecule is CCCC[P+](CCCC)(CCCC)C1(C(=O)Nc2c(C)cc(F)cc2C)CC1. The molecule has 0 atom stereocenters. The molecule has 1 saturated carbocycles. The Morgan fingerprint density at radius 1 is 0.964 bits per heavy atom. The van der Waals surface area contributed by atoms with E-state index in [0.717, 1.165) is 29.7 Å². The Kier molecular flexibility index (Phi) is 8.49. The lowest BCUT2D eigenvalue weighted by Crippen LogP contribution is -2.36. The summed E-state index contributed by atoms with van der Waals surface area (Å²) in [7, 11) is -1.36. The summed E-state index contributed by atoms with van der Waals surface area (Å²) in [5.74, 6) is -0.00762. The fourth-order valence-corrected chi connectivity index (χ4v) is 11.0. The van der Waals surface area contributed by atoms with Crippen molar-refractivity contribution in [1.82, 2.24) is 0 Å². The van der Waals surface area contributed by atoms with Gasteiger partial charge in [-0.05, 0) is 56.4 Å². The Morgan fingerprint density at radius 3 is 1.75 bits per heavy atom. The summed E-state index contributed by atoms with van der Waals surface area (Å²) in [6.45, 7) is 10.6. The fraction of sp³-hybridized carbons (Fsp3) is 0.708. The van der Waals surface area contributed by atoms with Crippen LogP contribution in [0.1, 0.15) is 83.3 Å². The molecule has 0 spiro atoms. The van der Waals surface area contributed by atoms with E-state index >= 15 is 0 Å². The second-order valence-electron chi connectivity index (χ2n) is 8.78. The molecule has 0 saturated heterocycles. The topological polar surface area (TPSA) is 29.1 Å². The molecular formula is C24H40FNOP+. The number of halogens is 1. The molecule has 1 aliphatic carbocycles. The Morgan fingerprint density at radius 2 is 1.39 bits per heavy atom. The molecule has 1 N–H and O–H groups in total. The van der Waals surface area contributed by atoms with Crippen molar-refractivity contribution in [3.8, 4) is 0 Å². The number of nitrogens with one attached hydrogen (secondary N) is 1. The summed E-state index contributed by atoms with van der Waals surface area (Å²) >= 11 is 0. The summed E-state index contributed by atoms with van der Waals surface area (Å²) in [4.78, 5) is 13.6. The number of amides is 1. The first kappa shape index (κ1) is 23.3. The van der Waals surface area contributed by atoms with E-state index in [9.17, 15) is 9.18 Å². The molecular weight excluding hydrogens is 368 g/mol. The first-order valence-electron chi connectivity index (χ1n) is 11.3. The van der Waals surface area contributed by atoms with E-state index < -0.39 is 7.26 Å². The first-order valence-corrected chi connectivity index (χ1v) is 13.6. The van der Waals surface area contributed by atoms with Crippen LogP contribution in [0, 0.1) is 19.7 Å². The van der Waals surface area contributed by atoms with Crippen LogP contribution >= 0.6 is 7.26 Å². The average Bonchev–Trinajstić information content (AvgIpc) is 3.46. The van der Waals surface area contributed by atoms with Gasteiger partial charge in [-0.3, -0.25) is 4.79 Å². The van der Waals surface area contributed by atoms with Gasteiger partial charge >= 0.3 is 0 Å². The van der Waals surface area contributed by atoms with Gasteiger partial charge in [0.2, 0.25) is 0 Å². The molecule has 0 aliphatic heterocycles. The summed E-state index contributed by atoms with van der Waals surface area (Å²) in [6.07, 6.45) is 13.2. The quantitative estimate of drug-likeness (QED) is 0.360. The normalized spacial score (nSPS) is 15.5. The highest BCUT2D eigenvalue weighted by Crippen LogP contribution is 2.79. The molecule has 1 aromatic carbocycles. The van der Waals surface area contributed by atoms with Crippen LogP contribution in [0.15, 0.2) is 12.1 Å². The van der Waals surface area contributed by atoms with Crippen molar-refractivity contribution < 1.29 is 9.18 Å². The second-order valence-corrected chi connectivity index (χ2v) is 13.3. The summed E-state index contributed by atoms with van der Waals surface area (Å²) in [5.41, 5.74) is 2.46. The van der Waals surface area contributed by atoms with E-state index in [-0.39, 0.29) is 16.9 Å². The summed E-state index contributed by atoms with van der Waals surface area (Å²) < 4.78 is 13.7. The Balaban J connectivity index is 2.33. The number of hydrogen-bond donors (Lipinski definition) is 1. The van der Waals surface area contributed by atoms with Crippen molar-refractivity contribution in [2.24, 2.45) is 0 Å². The van der Waals surface area contributed by atoms with Crippen molar-refractivity contribution in [2.45, 2.75) is 91.1 Å². The Bertz CT molecular complexity index is 624. The Labute approximate surface area is 172 Å². The van der Waals surface area contributed by atoms with Crippen LogP contribution in [0.3, 0.4) is 0 Å². The number of carbonyl (C=O) groups is 1. The minimum atomic E-state index is -1.36. The van der Waals surface area contributed by atoms with Crippen LogP contribution in [0.5, 0.6) is 0 Å². The molecule has 1 amide bonds. The number of aryl methyl sites for hydroxylation is 2. The van der Waals surface area contributed by atoms with Crippen LogP contribution in [0.2, 0.25) is 0 Å². The zero-order valence-corrected chi connectivity index (χ0v) is 19.6. The maximum Gasteiger partial charge on any atom is 0.268 e. The van der Waals surface area contributed by atoms with E-state index in [4.69, 9.17) is 0 Å². The molecule has 0 radical (unpaired) electrons. The lowest BCUT2D eigenvalue weighted by atomic mass is 10.1. The van der Waals surface area contributed by atoms with Gasteiger partial charge in [0.05, 0.1) is 18.5 Å². The van der Waals surface area contributed by atoms with Crippen molar-refractivity contribution in [2.75, 3.05) is 23.8 Å². The lowest BCUT2D eigenvalue weighted by Gasteiger charge is -2.35. The predicted molar refractivity (Wildman–Crippen MR) is 123 cm³/mol. The number of anilines is 1. The highest BCUT2D eigenvalue weighted by Gasteiger charge is 2.69. The zero-order valence-electron chi connectivity index (χ0n) is 18.7. The summed E-state index contributed by atoms with van der Waals surface area (Å²) in [5, 5.41) is 3.14. The molecule has 0 heterocycles. The fourth-order valence-electron chi connectivity index (χ4n) is 4.73. The van der Waals surface area contributed by atoms with Crippen LogP contribution in [0.4, 0.5) is 10.1 Å². The van der Waals surface area contributed by atoms with Crippen molar-refractivity contribution in [1.29, 1.82) is 0 Å². The molecule has 0 aromatic heterocycles. The van der Waals surface area contributed by atoms with Gasteiger partial charge in [0, 0.05) is 25.8 Å². The molecule has 1 fully saturated rings. The van der Waals surface area contributed by atoms with Gasteiger partial charge in [0.1, 0.15) is 5.82 Å². The zero-order chi connectivity index (χ0) is 20.8. The highest BCUT2D eigenvalue weighted by molar-refractivity contribution is 7.78. The molecule has 2 nitrogen and oxygen atoms in total. The second kappa shape index (κ2) is 10.2. The smallest absolute Gasteiger partial charge is 0.268 e. The molecule has 1 aliphatic rings. The lowest BCUT2D eigenvalue weighted by molar-refractivity contribution is -0.116. The molecule has 2 rings (SSSR count). The van der Waals surface area contributed by atoms with Crippen LogP contribution < -0.4 is 5.32 Å². The van der Waals surface area contributed by atoms with Crippen LogP contribution in [-0.2, 0) is 4.79 Å². The molecule has 158 valence electrons. The molecule has 4 heteroatoms. The maximum atomic E-state index is 13.7. The minimum Gasteiger partial charge on any atom is -0.322 e. The third-order valence-electron chi connectivity index (χ3n) is 6.61. The third kappa shape index (κ3) is 4.96. The van der Waals surface area contributed by atoms with E-state index in [0.29, 0.717) is 0 Å². The standard InChI is InChI=1S/C24H39FNOP/c1-6-9-14-28(15-10-7-2,16-11-8-3)24(12-13-24)23(27)26-22-19(4)17-21(25)18-20(22)5/h17-18H,6-16H2,1-5H3/p+1. The monoisotopic (exact) mass is 408 g/mol. The molecule has 1 aromatic rings. The van der Waals surface area contributed by atoms with Crippen molar-refractivity contribution in [3.05, 3.63) is 29.1 Å². The maximum absolute atomic E-state index is 13.7. The van der Waals surface area contributed by atoms with E-state index in [2.05, 4.69) is 26.1 Å². The third-order valence-corrected chi connectivity index (χ3v) is 12.6. The first-order chi connectivity index (χ1) is 13.4. The summed E-state index contributed by atoms with van der Waals surface area (Å²) in [6, 6.07) is 3.05. The molecule has 28 heavy (non-hydrogen) atoms. The largest absolute Gasteiger partial charge is 0.322 e. The van der Waals surface area contributed by atoms with Gasteiger partial charge in [-0.1, -0.05) is 40.0 Å². The highest BCUT2D eigenvalue weighted by atomic mass is 31.2.